The van der Waals surface area contributed by atoms with Gasteiger partial charge in [0.05, 0.1) is 11.4 Å². The normalized spacial score (nSPS) is 10.5. The fourth-order valence-corrected chi connectivity index (χ4v) is 1.80. The monoisotopic (exact) mass is 282 g/mol. The van der Waals surface area contributed by atoms with Gasteiger partial charge in [0.1, 0.15) is 12.4 Å². The van der Waals surface area contributed by atoms with E-state index in [9.17, 15) is 9.18 Å². The molecule has 0 spiro atoms. The molecule has 0 bridgehead atoms. The van der Waals surface area contributed by atoms with Crippen molar-refractivity contribution in [1.82, 2.24) is 0 Å². The van der Waals surface area contributed by atoms with Gasteiger partial charge in [0.25, 0.3) is 0 Å². The molecule has 0 fully saturated rings. The van der Waals surface area contributed by atoms with Crippen LogP contribution in [0.5, 0.6) is 0 Å². The maximum Gasteiger partial charge on any atom is 0.250 e. The number of hydrogen-bond acceptors (Lipinski definition) is 3. The third kappa shape index (κ3) is 6.52. The summed E-state index contributed by atoms with van der Waals surface area (Å²) in [5, 5.41) is 2.53. The Kier molecular flexibility index (Phi) is 7.65. The molecule has 3 N–H and O–H groups in total. The van der Waals surface area contributed by atoms with Gasteiger partial charge in [-0.05, 0) is 24.6 Å². The van der Waals surface area contributed by atoms with Gasteiger partial charge in [-0.2, -0.15) is 0 Å². The minimum Gasteiger partial charge on any atom is -0.397 e. The van der Waals surface area contributed by atoms with Crippen molar-refractivity contribution < 1.29 is 13.9 Å². The maximum absolute atomic E-state index is 13.0. The van der Waals surface area contributed by atoms with Gasteiger partial charge in [0.2, 0.25) is 5.91 Å². The highest BCUT2D eigenvalue weighted by Crippen LogP contribution is 2.18. The average Bonchev–Trinajstić information content (AvgIpc) is 2.42. The molecule has 0 heterocycles. The highest BCUT2D eigenvalue weighted by atomic mass is 19.1. The van der Waals surface area contributed by atoms with E-state index in [1.165, 1.54) is 37.5 Å². The van der Waals surface area contributed by atoms with E-state index in [1.54, 1.807) is 0 Å². The van der Waals surface area contributed by atoms with Crippen LogP contribution < -0.4 is 11.1 Å². The second-order valence-electron chi connectivity index (χ2n) is 4.75. The van der Waals surface area contributed by atoms with E-state index < -0.39 is 5.82 Å². The lowest BCUT2D eigenvalue weighted by molar-refractivity contribution is -0.120. The van der Waals surface area contributed by atoms with Crippen LogP contribution in [0.25, 0.3) is 0 Å². The number of nitrogen functional groups attached to an aromatic ring is 1. The van der Waals surface area contributed by atoms with Gasteiger partial charge in [0, 0.05) is 6.61 Å². The number of carbonyl (C=O) groups excluding carboxylic acids is 1. The molecule has 4 nitrogen and oxygen atoms in total. The first kappa shape index (κ1) is 16.4. The molecule has 0 saturated carbocycles. The molecule has 5 heteroatoms. The Labute approximate surface area is 119 Å². The molecular weight excluding hydrogens is 259 g/mol. The van der Waals surface area contributed by atoms with E-state index in [1.807, 2.05) is 0 Å². The summed E-state index contributed by atoms with van der Waals surface area (Å²) in [6.45, 7) is 2.69. The number of benzene rings is 1. The fraction of sp³-hybridized carbons (Fsp3) is 0.533. The van der Waals surface area contributed by atoms with E-state index in [-0.39, 0.29) is 18.2 Å². The molecule has 0 aromatic heterocycles. The molecule has 0 aliphatic carbocycles. The van der Waals surface area contributed by atoms with Crippen LogP contribution in [0, 0.1) is 5.82 Å². The Morgan fingerprint density at radius 3 is 2.80 bits per heavy atom. The molecule has 0 atom stereocenters. The van der Waals surface area contributed by atoms with Gasteiger partial charge in [-0.1, -0.05) is 32.6 Å². The molecular formula is C15H23FN2O2. The Balaban J connectivity index is 2.19. The third-order valence-electron chi connectivity index (χ3n) is 2.91. The minimum absolute atomic E-state index is 0.0380. The summed E-state index contributed by atoms with van der Waals surface area (Å²) in [5.41, 5.74) is 6.25. The lowest BCUT2D eigenvalue weighted by Crippen LogP contribution is -2.19. The van der Waals surface area contributed by atoms with Crippen molar-refractivity contribution >= 4 is 17.3 Å². The predicted molar refractivity (Wildman–Crippen MR) is 79.0 cm³/mol. The van der Waals surface area contributed by atoms with Crippen molar-refractivity contribution in [2.75, 3.05) is 24.3 Å². The molecule has 112 valence electrons. The van der Waals surface area contributed by atoms with Gasteiger partial charge in [-0.15, -0.1) is 0 Å². The van der Waals surface area contributed by atoms with Crippen LogP contribution in [0.2, 0.25) is 0 Å². The number of rotatable bonds is 9. The number of carbonyl (C=O) groups is 1. The average molecular weight is 282 g/mol. The second-order valence-corrected chi connectivity index (χ2v) is 4.75. The molecule has 0 radical (unpaired) electrons. The van der Waals surface area contributed by atoms with Gasteiger partial charge >= 0.3 is 0 Å². The first-order valence-corrected chi connectivity index (χ1v) is 7.06. The van der Waals surface area contributed by atoms with Crippen LogP contribution in [0.3, 0.4) is 0 Å². The smallest absolute Gasteiger partial charge is 0.250 e. The van der Waals surface area contributed by atoms with Crippen molar-refractivity contribution in [2.45, 2.75) is 39.0 Å². The second kappa shape index (κ2) is 9.31. The van der Waals surface area contributed by atoms with Crippen molar-refractivity contribution in [3.8, 4) is 0 Å². The highest BCUT2D eigenvalue weighted by Gasteiger charge is 2.06. The number of hydrogen-bond donors (Lipinski definition) is 2. The Morgan fingerprint density at radius 2 is 2.05 bits per heavy atom. The SMILES string of the molecule is CCCCCCCOCC(=O)Nc1cc(F)ccc1N. The first-order chi connectivity index (χ1) is 9.63. The molecule has 1 aromatic rings. The number of nitrogens with two attached hydrogens (primary N) is 1. The van der Waals surface area contributed by atoms with Gasteiger partial charge in [-0.3, -0.25) is 4.79 Å². The zero-order chi connectivity index (χ0) is 14.8. The molecule has 1 amide bonds. The van der Waals surface area contributed by atoms with Crippen LogP contribution in [0.4, 0.5) is 15.8 Å². The standard InChI is InChI=1S/C15H23FN2O2/c1-2-3-4-5-6-9-20-11-15(19)18-14-10-12(16)7-8-13(14)17/h7-8,10H,2-6,9,11,17H2,1H3,(H,18,19). The highest BCUT2D eigenvalue weighted by molar-refractivity contribution is 5.94. The molecule has 0 aliphatic rings. The van der Waals surface area contributed by atoms with E-state index >= 15 is 0 Å². The lowest BCUT2D eigenvalue weighted by atomic mass is 10.2. The Bertz CT molecular complexity index is 424. The van der Waals surface area contributed by atoms with E-state index in [4.69, 9.17) is 10.5 Å². The van der Waals surface area contributed by atoms with Crippen LogP contribution in [-0.2, 0) is 9.53 Å². The van der Waals surface area contributed by atoms with Gasteiger partial charge in [0.15, 0.2) is 0 Å². The summed E-state index contributed by atoms with van der Waals surface area (Å²) in [5.74, 6) is -0.762. The van der Waals surface area contributed by atoms with Gasteiger partial charge in [-0.25, -0.2) is 4.39 Å². The molecule has 0 aliphatic heterocycles. The lowest BCUT2D eigenvalue weighted by Gasteiger charge is -2.08. The van der Waals surface area contributed by atoms with Crippen LogP contribution >= 0.6 is 0 Å². The fourth-order valence-electron chi connectivity index (χ4n) is 1.80. The van der Waals surface area contributed by atoms with Crippen molar-refractivity contribution in [3.05, 3.63) is 24.0 Å². The number of amides is 1. The molecule has 0 unspecified atom stereocenters. The molecule has 20 heavy (non-hydrogen) atoms. The summed E-state index contributed by atoms with van der Waals surface area (Å²) in [4.78, 5) is 11.6. The van der Waals surface area contributed by atoms with Crippen LogP contribution in [0.1, 0.15) is 39.0 Å². The summed E-state index contributed by atoms with van der Waals surface area (Å²) in [7, 11) is 0. The molecule has 1 rings (SSSR count). The Morgan fingerprint density at radius 1 is 1.30 bits per heavy atom. The zero-order valence-corrected chi connectivity index (χ0v) is 12.0. The van der Waals surface area contributed by atoms with Gasteiger partial charge < -0.3 is 15.8 Å². The largest absolute Gasteiger partial charge is 0.397 e. The summed E-state index contributed by atoms with van der Waals surface area (Å²) < 4.78 is 18.3. The summed E-state index contributed by atoms with van der Waals surface area (Å²) >= 11 is 0. The molecule has 1 aromatic carbocycles. The quantitative estimate of drug-likeness (QED) is 0.539. The molecule has 0 saturated heterocycles. The number of unbranched alkanes of at least 4 members (excludes halogenated alkanes) is 4. The number of anilines is 2. The summed E-state index contributed by atoms with van der Waals surface area (Å²) in [6.07, 6.45) is 5.71. The van der Waals surface area contributed by atoms with Crippen molar-refractivity contribution in [3.63, 3.8) is 0 Å². The number of ether oxygens (including phenoxy) is 1. The topological polar surface area (TPSA) is 64.3 Å². The van der Waals surface area contributed by atoms with E-state index in [0.29, 0.717) is 12.3 Å². The maximum atomic E-state index is 13.0. The Hall–Kier alpha value is -1.62. The first-order valence-electron chi connectivity index (χ1n) is 7.06. The van der Waals surface area contributed by atoms with E-state index in [2.05, 4.69) is 12.2 Å². The summed E-state index contributed by atoms with van der Waals surface area (Å²) in [6, 6.07) is 3.86. The third-order valence-corrected chi connectivity index (χ3v) is 2.91. The zero-order valence-electron chi connectivity index (χ0n) is 12.0. The number of nitrogens with one attached hydrogen (secondary N) is 1. The van der Waals surface area contributed by atoms with Crippen molar-refractivity contribution in [2.24, 2.45) is 0 Å². The number of halogens is 1. The van der Waals surface area contributed by atoms with Crippen molar-refractivity contribution in [1.29, 1.82) is 0 Å². The van der Waals surface area contributed by atoms with E-state index in [0.717, 1.165) is 12.8 Å². The minimum atomic E-state index is -0.439. The van der Waals surface area contributed by atoms with Crippen LogP contribution in [-0.4, -0.2) is 19.1 Å². The van der Waals surface area contributed by atoms with Crippen LogP contribution in [0.15, 0.2) is 18.2 Å². The predicted octanol–water partition coefficient (Wildman–Crippen LogP) is 3.33.